The van der Waals surface area contributed by atoms with Gasteiger partial charge in [-0.05, 0) is 52.2 Å². The van der Waals surface area contributed by atoms with Crippen LogP contribution in [0.4, 0.5) is 5.82 Å². The van der Waals surface area contributed by atoms with Crippen molar-refractivity contribution in [3.05, 3.63) is 76.5 Å². The number of halogens is 1. The standard InChI is InChI=1S/C26H24N4O2.ClH/c1-29-14-21-12-17(13-27-26(21)28-23(31)16-29)6-11-24(32)30(2)15-20-10-9-19-8-7-18-4-3-5-22(20)25(18)19;/h3-13H,14-16H2,1-2H3,(H,27,28,31);1H/b11-6+;. The third-order valence-electron chi connectivity index (χ3n) is 5.94. The molecule has 1 aliphatic heterocycles. The highest BCUT2D eigenvalue weighted by Crippen LogP contribution is 2.33. The Kier molecular flexibility index (Phi) is 6.31. The highest BCUT2D eigenvalue weighted by molar-refractivity contribution is 6.06. The molecule has 3 aromatic rings. The highest BCUT2D eigenvalue weighted by atomic mass is 35.5. The molecule has 1 aromatic heterocycles. The van der Waals surface area contributed by atoms with E-state index in [-0.39, 0.29) is 24.2 Å². The lowest BCUT2D eigenvalue weighted by atomic mass is 9.99. The summed E-state index contributed by atoms with van der Waals surface area (Å²) in [5, 5.41) is 5.27. The maximum Gasteiger partial charge on any atom is 0.246 e. The van der Waals surface area contributed by atoms with Crippen LogP contribution in [0.15, 0.2) is 48.7 Å². The average molecular weight is 461 g/mol. The first kappa shape index (κ1) is 22.7. The summed E-state index contributed by atoms with van der Waals surface area (Å²) in [4.78, 5) is 32.6. The van der Waals surface area contributed by atoms with Crippen LogP contribution < -0.4 is 5.32 Å². The SMILES string of the molecule is CN1CC(=O)Nc2ncc(/C=C/C(=O)N(C)Cc3ccc4c5c(cccc35)C=C4)cc2C1.Cl. The van der Waals surface area contributed by atoms with Gasteiger partial charge in [0.2, 0.25) is 11.8 Å². The normalized spacial score (nSPS) is 14.7. The number of benzene rings is 2. The smallest absolute Gasteiger partial charge is 0.246 e. The lowest BCUT2D eigenvalue weighted by molar-refractivity contribution is -0.125. The maximum atomic E-state index is 12.8. The molecule has 168 valence electrons. The molecule has 0 unspecified atom stereocenters. The Hall–Kier alpha value is -3.48. The Morgan fingerprint density at radius 2 is 1.97 bits per heavy atom. The minimum Gasteiger partial charge on any atom is -0.338 e. The molecule has 5 rings (SSSR count). The fourth-order valence-electron chi connectivity index (χ4n) is 4.36. The lowest BCUT2D eigenvalue weighted by Crippen LogP contribution is -2.26. The minimum absolute atomic E-state index is 0. The molecule has 2 heterocycles. The van der Waals surface area contributed by atoms with Gasteiger partial charge in [-0.25, -0.2) is 4.98 Å². The second-order valence-corrected chi connectivity index (χ2v) is 8.44. The molecule has 2 amide bonds. The second-order valence-electron chi connectivity index (χ2n) is 8.44. The number of hydrogen-bond donors (Lipinski definition) is 1. The molecular weight excluding hydrogens is 436 g/mol. The van der Waals surface area contributed by atoms with E-state index in [0.29, 0.717) is 25.5 Å². The number of likely N-dealkylation sites (N-methyl/N-ethyl adjacent to an activating group) is 2. The van der Waals surface area contributed by atoms with E-state index in [4.69, 9.17) is 0 Å². The van der Waals surface area contributed by atoms with Crippen molar-refractivity contribution in [2.45, 2.75) is 13.1 Å². The predicted octanol–water partition coefficient (Wildman–Crippen LogP) is 4.20. The number of aromatic nitrogens is 1. The molecule has 0 fully saturated rings. The van der Waals surface area contributed by atoms with Gasteiger partial charge in [-0.1, -0.05) is 42.5 Å². The predicted molar refractivity (Wildman–Crippen MR) is 135 cm³/mol. The van der Waals surface area contributed by atoms with Gasteiger partial charge in [0, 0.05) is 38.0 Å². The van der Waals surface area contributed by atoms with Crippen molar-refractivity contribution in [3.63, 3.8) is 0 Å². The summed E-state index contributed by atoms with van der Waals surface area (Å²) < 4.78 is 0. The number of fused-ring (bicyclic) bond motifs is 1. The van der Waals surface area contributed by atoms with Gasteiger partial charge in [-0.15, -0.1) is 12.4 Å². The monoisotopic (exact) mass is 460 g/mol. The molecule has 0 atom stereocenters. The lowest BCUT2D eigenvalue weighted by Gasteiger charge is -2.17. The van der Waals surface area contributed by atoms with Gasteiger partial charge in [-0.2, -0.15) is 0 Å². The summed E-state index contributed by atoms with van der Waals surface area (Å²) in [6, 6.07) is 12.5. The van der Waals surface area contributed by atoms with Crippen LogP contribution >= 0.6 is 12.4 Å². The van der Waals surface area contributed by atoms with Crippen LogP contribution in [0.2, 0.25) is 0 Å². The van der Waals surface area contributed by atoms with Crippen molar-refractivity contribution >= 4 is 59.0 Å². The number of hydrogen-bond acceptors (Lipinski definition) is 4. The van der Waals surface area contributed by atoms with E-state index in [1.54, 1.807) is 23.2 Å². The summed E-state index contributed by atoms with van der Waals surface area (Å²) in [5.74, 6) is 0.436. The maximum absolute atomic E-state index is 12.8. The minimum atomic E-state index is -0.0771. The number of nitrogens with zero attached hydrogens (tertiary/aromatic N) is 3. The summed E-state index contributed by atoms with van der Waals surface area (Å²) >= 11 is 0. The Morgan fingerprint density at radius 3 is 2.79 bits per heavy atom. The first-order valence-corrected chi connectivity index (χ1v) is 10.6. The average Bonchev–Trinajstić information content (AvgIpc) is 3.13. The van der Waals surface area contributed by atoms with Gasteiger partial charge >= 0.3 is 0 Å². The van der Waals surface area contributed by atoms with Gasteiger partial charge < -0.3 is 10.2 Å². The number of carbonyl (C=O) groups is 2. The van der Waals surface area contributed by atoms with Crippen LogP contribution in [-0.2, 0) is 22.7 Å². The first-order valence-electron chi connectivity index (χ1n) is 10.6. The quantitative estimate of drug-likeness (QED) is 0.464. The van der Waals surface area contributed by atoms with Gasteiger partial charge in [0.1, 0.15) is 5.82 Å². The first-order chi connectivity index (χ1) is 15.5. The largest absolute Gasteiger partial charge is 0.338 e. The van der Waals surface area contributed by atoms with E-state index in [1.165, 1.54) is 21.9 Å². The second kappa shape index (κ2) is 9.17. The molecule has 2 aliphatic rings. The molecule has 0 saturated heterocycles. The molecular formula is C26H25ClN4O2. The third kappa shape index (κ3) is 4.53. The Bertz CT molecular complexity index is 1300. The van der Waals surface area contributed by atoms with Crippen LogP contribution in [0, 0.1) is 0 Å². The zero-order valence-corrected chi connectivity index (χ0v) is 19.4. The zero-order valence-electron chi connectivity index (χ0n) is 18.5. The van der Waals surface area contributed by atoms with E-state index in [2.05, 4.69) is 52.8 Å². The molecule has 1 aliphatic carbocycles. The fourth-order valence-corrected chi connectivity index (χ4v) is 4.36. The van der Waals surface area contributed by atoms with Crippen molar-refractivity contribution < 1.29 is 9.59 Å². The van der Waals surface area contributed by atoms with Crippen molar-refractivity contribution in [3.8, 4) is 0 Å². The van der Waals surface area contributed by atoms with E-state index in [0.717, 1.165) is 16.7 Å². The Morgan fingerprint density at radius 1 is 1.18 bits per heavy atom. The number of nitrogens with one attached hydrogen (secondary N) is 1. The van der Waals surface area contributed by atoms with Crippen molar-refractivity contribution in [1.82, 2.24) is 14.8 Å². The summed E-state index contributed by atoms with van der Waals surface area (Å²) in [7, 11) is 3.71. The van der Waals surface area contributed by atoms with Crippen LogP contribution in [0.3, 0.4) is 0 Å². The topological polar surface area (TPSA) is 65.5 Å². The van der Waals surface area contributed by atoms with Gasteiger partial charge in [0.25, 0.3) is 0 Å². The number of rotatable bonds is 4. The van der Waals surface area contributed by atoms with Crippen molar-refractivity contribution in [2.24, 2.45) is 0 Å². The Labute approximate surface area is 199 Å². The summed E-state index contributed by atoms with van der Waals surface area (Å²) in [6.07, 6.45) is 9.29. The number of carbonyl (C=O) groups excluding carboxylic acids is 2. The number of pyridine rings is 1. The van der Waals surface area contributed by atoms with Crippen LogP contribution in [0.1, 0.15) is 27.8 Å². The van der Waals surface area contributed by atoms with E-state index >= 15 is 0 Å². The summed E-state index contributed by atoms with van der Waals surface area (Å²) in [6.45, 7) is 1.48. The molecule has 33 heavy (non-hydrogen) atoms. The van der Waals surface area contributed by atoms with Crippen LogP contribution in [-0.4, -0.2) is 47.2 Å². The molecule has 0 saturated carbocycles. The molecule has 2 aromatic carbocycles. The highest BCUT2D eigenvalue weighted by Gasteiger charge is 2.18. The van der Waals surface area contributed by atoms with Crippen LogP contribution in [0.25, 0.3) is 29.0 Å². The molecule has 0 radical (unpaired) electrons. The zero-order chi connectivity index (χ0) is 22.2. The van der Waals surface area contributed by atoms with Gasteiger partial charge in [0.05, 0.1) is 6.54 Å². The number of amides is 2. The van der Waals surface area contributed by atoms with Crippen LogP contribution in [0.5, 0.6) is 0 Å². The van der Waals surface area contributed by atoms with E-state index in [9.17, 15) is 9.59 Å². The van der Waals surface area contributed by atoms with Crippen molar-refractivity contribution in [2.75, 3.05) is 26.0 Å². The van der Waals surface area contributed by atoms with Gasteiger partial charge in [-0.3, -0.25) is 14.5 Å². The number of anilines is 1. The Balaban J connectivity index is 0.00000259. The van der Waals surface area contributed by atoms with Crippen molar-refractivity contribution in [1.29, 1.82) is 0 Å². The van der Waals surface area contributed by atoms with Gasteiger partial charge in [0.15, 0.2) is 0 Å². The molecule has 7 heteroatoms. The molecule has 6 nitrogen and oxygen atoms in total. The fraction of sp³-hybridized carbons (Fsp3) is 0.192. The van der Waals surface area contributed by atoms with E-state index in [1.807, 2.05) is 25.1 Å². The third-order valence-corrected chi connectivity index (χ3v) is 5.94. The molecule has 0 spiro atoms. The van der Waals surface area contributed by atoms with E-state index < -0.39 is 0 Å². The molecule has 1 N–H and O–H groups in total. The molecule has 0 bridgehead atoms. The summed E-state index contributed by atoms with van der Waals surface area (Å²) in [5.41, 5.74) is 5.34.